The third-order valence-electron chi connectivity index (χ3n) is 4.23. The molecule has 2 heterocycles. The number of anilines is 1. The van der Waals surface area contributed by atoms with Crippen LogP contribution in [0.1, 0.15) is 11.8 Å². The van der Waals surface area contributed by atoms with E-state index in [1.165, 1.54) is 11.8 Å². The largest absolute Gasteiger partial charge is 0.493 e. The number of benzene rings is 2. The van der Waals surface area contributed by atoms with Crippen LogP contribution in [0.3, 0.4) is 0 Å². The van der Waals surface area contributed by atoms with Crippen molar-refractivity contribution in [3.8, 4) is 28.6 Å². The molecule has 8 heteroatoms. The predicted octanol–water partition coefficient (Wildman–Crippen LogP) is 3.78. The lowest BCUT2D eigenvalue weighted by Gasteiger charge is -2.20. The lowest BCUT2D eigenvalue weighted by atomic mass is 10.1. The molecule has 1 aliphatic heterocycles. The van der Waals surface area contributed by atoms with E-state index in [0.717, 1.165) is 16.8 Å². The molecule has 138 valence electrons. The highest BCUT2D eigenvalue weighted by Crippen LogP contribution is 2.40. The smallest absolute Gasteiger partial charge is 0.247 e. The Kier molecular flexibility index (Phi) is 4.72. The van der Waals surface area contributed by atoms with Gasteiger partial charge in [-0.05, 0) is 30.5 Å². The van der Waals surface area contributed by atoms with Crippen molar-refractivity contribution in [2.45, 2.75) is 11.4 Å². The molecule has 0 saturated heterocycles. The van der Waals surface area contributed by atoms with Crippen LogP contribution in [0.4, 0.5) is 5.69 Å². The zero-order valence-electron chi connectivity index (χ0n) is 15.1. The van der Waals surface area contributed by atoms with Crippen LogP contribution in [0.2, 0.25) is 0 Å². The number of rotatable bonds is 4. The molecule has 0 amide bonds. The Bertz CT molecular complexity index is 983. The number of methoxy groups -OCH3 is 2. The summed E-state index contributed by atoms with van der Waals surface area (Å²) in [4.78, 5) is 4.51. The molecule has 0 saturated carbocycles. The highest BCUT2D eigenvalue weighted by Gasteiger charge is 2.26. The highest BCUT2D eigenvalue weighted by molar-refractivity contribution is 7.98. The fourth-order valence-electron chi connectivity index (χ4n) is 2.90. The fourth-order valence-corrected chi connectivity index (χ4v) is 3.20. The molecule has 2 aromatic carbocycles. The van der Waals surface area contributed by atoms with Crippen molar-refractivity contribution in [2.24, 2.45) is 0 Å². The zero-order valence-corrected chi connectivity index (χ0v) is 15.9. The summed E-state index contributed by atoms with van der Waals surface area (Å²) in [6.45, 7) is 0. The second kappa shape index (κ2) is 7.32. The molecule has 27 heavy (non-hydrogen) atoms. The first-order valence-corrected chi connectivity index (χ1v) is 9.49. The number of thioether (sulfide) groups is 1. The summed E-state index contributed by atoms with van der Waals surface area (Å²) in [5.41, 5.74) is 3.27. The summed E-state index contributed by atoms with van der Waals surface area (Å²) in [5, 5.41) is 12.5. The Morgan fingerprint density at radius 2 is 1.85 bits per heavy atom. The summed E-state index contributed by atoms with van der Waals surface area (Å²) >= 11 is 1.42. The van der Waals surface area contributed by atoms with E-state index in [1.54, 1.807) is 14.2 Å². The van der Waals surface area contributed by atoms with Crippen molar-refractivity contribution in [2.75, 3.05) is 25.8 Å². The van der Waals surface area contributed by atoms with Crippen LogP contribution in [-0.4, -0.2) is 35.7 Å². The van der Waals surface area contributed by atoms with Gasteiger partial charge in [-0.25, -0.2) is 0 Å². The molecule has 1 aliphatic rings. The first kappa shape index (κ1) is 17.4. The van der Waals surface area contributed by atoms with Crippen LogP contribution in [0, 0.1) is 0 Å². The number of fused-ring (bicyclic) bond motifs is 3. The van der Waals surface area contributed by atoms with Gasteiger partial charge in [0.1, 0.15) is 0 Å². The van der Waals surface area contributed by atoms with Crippen LogP contribution >= 0.6 is 11.8 Å². The number of hydrogen-bond acceptors (Lipinski definition) is 8. The van der Waals surface area contributed by atoms with E-state index >= 15 is 0 Å². The number of hydrogen-bond donors (Lipinski definition) is 1. The number of aromatic nitrogens is 3. The fraction of sp³-hybridized carbons (Fsp3) is 0.211. The molecule has 4 rings (SSSR count). The Morgan fingerprint density at radius 1 is 1.04 bits per heavy atom. The van der Waals surface area contributed by atoms with Gasteiger partial charge in [0.15, 0.2) is 23.4 Å². The van der Waals surface area contributed by atoms with E-state index in [-0.39, 0.29) is 0 Å². The molecule has 0 bridgehead atoms. The van der Waals surface area contributed by atoms with E-state index in [2.05, 4.69) is 20.5 Å². The molecule has 0 unspecified atom stereocenters. The second-order valence-corrected chi connectivity index (χ2v) is 6.53. The number of ether oxygens (including phenoxy) is 3. The second-order valence-electron chi connectivity index (χ2n) is 5.75. The van der Waals surface area contributed by atoms with Gasteiger partial charge in [0.2, 0.25) is 11.0 Å². The Morgan fingerprint density at radius 3 is 2.63 bits per heavy atom. The van der Waals surface area contributed by atoms with Gasteiger partial charge in [-0.15, -0.1) is 10.2 Å². The van der Waals surface area contributed by atoms with Crippen LogP contribution in [0.5, 0.6) is 17.4 Å². The van der Waals surface area contributed by atoms with Crippen LogP contribution in [0.25, 0.3) is 11.3 Å². The SMILES string of the molecule is COc1ccc([C@H]2Nc3ccccc3-c3nnc(SC)nc3O2)cc1OC. The highest BCUT2D eigenvalue weighted by atomic mass is 32.2. The minimum absolute atomic E-state index is 0.437. The summed E-state index contributed by atoms with van der Waals surface area (Å²) in [7, 11) is 3.21. The third-order valence-corrected chi connectivity index (χ3v) is 4.76. The van der Waals surface area contributed by atoms with Gasteiger partial charge in [-0.2, -0.15) is 4.98 Å². The molecule has 0 radical (unpaired) electrons. The monoisotopic (exact) mass is 382 g/mol. The van der Waals surface area contributed by atoms with Crippen molar-refractivity contribution in [1.29, 1.82) is 0 Å². The number of para-hydroxylation sites is 1. The van der Waals surface area contributed by atoms with Crippen molar-refractivity contribution in [3.05, 3.63) is 48.0 Å². The summed E-state index contributed by atoms with van der Waals surface area (Å²) in [5.74, 6) is 1.72. The summed E-state index contributed by atoms with van der Waals surface area (Å²) in [6.07, 6.45) is 1.43. The van der Waals surface area contributed by atoms with Gasteiger partial charge in [0.05, 0.1) is 14.2 Å². The topological polar surface area (TPSA) is 78.4 Å². The maximum absolute atomic E-state index is 6.21. The van der Waals surface area contributed by atoms with Crippen LogP contribution < -0.4 is 19.5 Å². The van der Waals surface area contributed by atoms with Crippen molar-refractivity contribution in [3.63, 3.8) is 0 Å². The van der Waals surface area contributed by atoms with E-state index in [1.807, 2.05) is 48.7 Å². The van der Waals surface area contributed by atoms with Gasteiger partial charge in [0, 0.05) is 16.8 Å². The maximum atomic E-state index is 6.21. The first-order chi connectivity index (χ1) is 13.2. The molecular weight excluding hydrogens is 364 g/mol. The normalized spacial score (nSPS) is 14.9. The lowest BCUT2D eigenvalue weighted by Crippen LogP contribution is -2.17. The van der Waals surface area contributed by atoms with Crippen LogP contribution in [0.15, 0.2) is 47.6 Å². The zero-order chi connectivity index (χ0) is 18.8. The quantitative estimate of drug-likeness (QED) is 0.683. The molecule has 3 aromatic rings. The molecule has 1 aromatic heterocycles. The van der Waals surface area contributed by atoms with Crippen molar-refractivity contribution >= 4 is 17.4 Å². The summed E-state index contributed by atoms with van der Waals surface area (Å²) < 4.78 is 17.0. The van der Waals surface area contributed by atoms with Gasteiger partial charge in [-0.1, -0.05) is 30.0 Å². The van der Waals surface area contributed by atoms with Crippen LogP contribution in [-0.2, 0) is 0 Å². The van der Waals surface area contributed by atoms with E-state index < -0.39 is 6.23 Å². The Labute approximate surface area is 161 Å². The lowest BCUT2D eigenvalue weighted by molar-refractivity contribution is 0.224. The van der Waals surface area contributed by atoms with Gasteiger partial charge >= 0.3 is 0 Å². The van der Waals surface area contributed by atoms with Crippen molar-refractivity contribution < 1.29 is 14.2 Å². The Balaban J connectivity index is 1.82. The molecule has 0 aliphatic carbocycles. The van der Waals surface area contributed by atoms with Crippen molar-refractivity contribution in [1.82, 2.24) is 15.2 Å². The molecule has 0 fully saturated rings. The van der Waals surface area contributed by atoms with E-state index in [0.29, 0.717) is 28.2 Å². The molecule has 1 atom stereocenters. The summed E-state index contributed by atoms with van der Waals surface area (Å²) in [6, 6.07) is 13.5. The predicted molar refractivity (Wildman–Crippen MR) is 104 cm³/mol. The average molecular weight is 382 g/mol. The molecule has 7 nitrogen and oxygen atoms in total. The third kappa shape index (κ3) is 3.23. The maximum Gasteiger partial charge on any atom is 0.247 e. The molecular formula is C19H18N4O3S. The van der Waals surface area contributed by atoms with Gasteiger partial charge in [0.25, 0.3) is 0 Å². The van der Waals surface area contributed by atoms with E-state index in [4.69, 9.17) is 14.2 Å². The number of nitrogens with zero attached hydrogens (tertiary/aromatic N) is 3. The Hall–Kier alpha value is -3.00. The minimum atomic E-state index is -0.474. The number of nitrogens with one attached hydrogen (secondary N) is 1. The average Bonchev–Trinajstić information content (AvgIpc) is 2.89. The van der Waals surface area contributed by atoms with E-state index in [9.17, 15) is 0 Å². The molecule has 1 N–H and O–H groups in total. The standard InChI is InChI=1S/C19H18N4O3S/c1-24-14-9-8-11(10-15(14)25-2)17-20-13-7-5-4-6-12(13)16-18(26-17)21-19(27-3)23-22-16/h4-10,17,20H,1-3H3/t17-/m0/s1. The van der Waals surface area contributed by atoms with Gasteiger partial charge in [-0.3, -0.25) is 0 Å². The minimum Gasteiger partial charge on any atom is -0.493 e. The first-order valence-electron chi connectivity index (χ1n) is 8.26. The van der Waals surface area contributed by atoms with Gasteiger partial charge < -0.3 is 19.5 Å². The molecule has 0 spiro atoms.